The van der Waals surface area contributed by atoms with E-state index >= 15 is 0 Å². The molecule has 0 bridgehead atoms. The molecule has 0 saturated heterocycles. The summed E-state index contributed by atoms with van der Waals surface area (Å²) in [5, 5.41) is 9.23. The number of nitrogens with zero attached hydrogens (tertiary/aromatic N) is 1. The third-order valence-electron chi connectivity index (χ3n) is 1.90. The van der Waals surface area contributed by atoms with E-state index in [4.69, 9.17) is 9.84 Å². The largest absolute Gasteiger partial charge is 0.478 e. The van der Waals surface area contributed by atoms with Crippen molar-refractivity contribution in [3.05, 3.63) is 24.3 Å². The fourth-order valence-corrected chi connectivity index (χ4v) is 2.48. The third kappa shape index (κ3) is 2.28. The summed E-state index contributed by atoms with van der Waals surface area (Å²) in [4.78, 5) is 15.0. The highest BCUT2D eigenvalue weighted by Gasteiger charge is 2.19. The van der Waals surface area contributed by atoms with Crippen molar-refractivity contribution in [2.75, 3.05) is 6.26 Å². The number of ether oxygens (including phenoxy) is 1. The minimum Gasteiger partial charge on any atom is -0.478 e. The Labute approximate surface area is 100 Å². The van der Waals surface area contributed by atoms with Gasteiger partial charge in [-0.15, -0.1) is 11.8 Å². The molecule has 0 spiro atoms. The molecule has 0 aliphatic heterocycles. The van der Waals surface area contributed by atoms with Gasteiger partial charge in [0.05, 0.1) is 10.2 Å². The quantitative estimate of drug-likeness (QED) is 0.850. The molecule has 2 rings (SSSR count). The molecular weight excluding hydrogens is 246 g/mol. The van der Waals surface area contributed by atoms with E-state index in [0.29, 0.717) is 5.19 Å². The lowest BCUT2D eigenvalue weighted by Gasteiger charge is -2.08. The average molecular weight is 255 g/mol. The van der Waals surface area contributed by atoms with Crippen molar-refractivity contribution in [1.29, 1.82) is 0 Å². The smallest absolute Gasteiger partial charge is 0.355 e. The molecule has 0 amide bonds. The summed E-state index contributed by atoms with van der Waals surface area (Å²) >= 11 is 2.48. The SMILES string of the molecule is CSC(Oc1nc2ccccc2s1)C(=O)O. The number of thioether (sulfide) groups is 1. The number of para-hydroxylation sites is 1. The van der Waals surface area contributed by atoms with Gasteiger partial charge in [-0.1, -0.05) is 23.5 Å². The van der Waals surface area contributed by atoms with Crippen LogP contribution in [0.25, 0.3) is 10.2 Å². The normalized spacial score (nSPS) is 12.6. The maximum absolute atomic E-state index is 10.8. The van der Waals surface area contributed by atoms with Crippen molar-refractivity contribution in [2.24, 2.45) is 0 Å². The lowest BCUT2D eigenvalue weighted by atomic mass is 10.3. The standard InChI is InChI=1S/C10H9NO3S2/c1-15-9(8(12)13)14-10-11-6-4-2-3-5-7(6)16-10/h2-5,9H,1H3,(H,12,13). The van der Waals surface area contributed by atoms with Gasteiger partial charge in [-0.05, 0) is 18.4 Å². The van der Waals surface area contributed by atoms with Crippen molar-refractivity contribution < 1.29 is 14.6 Å². The first kappa shape index (κ1) is 11.2. The lowest BCUT2D eigenvalue weighted by Crippen LogP contribution is -2.22. The number of carboxylic acid groups (broad SMARTS) is 1. The Morgan fingerprint density at radius 2 is 2.31 bits per heavy atom. The summed E-state index contributed by atoms with van der Waals surface area (Å²) in [7, 11) is 0. The maximum atomic E-state index is 10.8. The van der Waals surface area contributed by atoms with E-state index in [2.05, 4.69) is 4.98 Å². The number of thiazole rings is 1. The number of hydrogen-bond acceptors (Lipinski definition) is 5. The number of aliphatic carboxylic acids is 1. The monoisotopic (exact) mass is 255 g/mol. The molecule has 1 aromatic heterocycles. The molecule has 4 nitrogen and oxygen atoms in total. The first-order chi connectivity index (χ1) is 7.70. The van der Waals surface area contributed by atoms with E-state index in [1.165, 1.54) is 11.3 Å². The predicted molar refractivity (Wildman–Crippen MR) is 65.2 cm³/mol. The van der Waals surface area contributed by atoms with Gasteiger partial charge in [0, 0.05) is 0 Å². The molecule has 0 aliphatic rings. The van der Waals surface area contributed by atoms with Gasteiger partial charge in [-0.3, -0.25) is 0 Å². The molecule has 16 heavy (non-hydrogen) atoms. The van der Waals surface area contributed by atoms with Crippen LogP contribution in [-0.2, 0) is 4.79 Å². The number of aromatic nitrogens is 1. The Morgan fingerprint density at radius 3 is 2.94 bits per heavy atom. The molecule has 1 atom stereocenters. The van der Waals surface area contributed by atoms with Crippen LogP contribution in [0.3, 0.4) is 0 Å². The van der Waals surface area contributed by atoms with Crippen LogP contribution in [0.15, 0.2) is 24.3 Å². The molecule has 6 heteroatoms. The summed E-state index contributed by atoms with van der Waals surface area (Å²) in [5.41, 5.74) is -0.0756. The molecule has 0 aliphatic carbocycles. The zero-order valence-electron chi connectivity index (χ0n) is 8.41. The van der Waals surface area contributed by atoms with Gasteiger partial charge < -0.3 is 9.84 Å². The first-order valence-corrected chi connectivity index (χ1v) is 6.59. The highest BCUT2D eigenvalue weighted by atomic mass is 32.2. The first-order valence-electron chi connectivity index (χ1n) is 4.48. The Morgan fingerprint density at radius 1 is 1.56 bits per heavy atom. The van der Waals surface area contributed by atoms with Crippen LogP contribution in [0.1, 0.15) is 0 Å². The van der Waals surface area contributed by atoms with Crippen molar-refractivity contribution in [3.63, 3.8) is 0 Å². The van der Waals surface area contributed by atoms with Gasteiger partial charge in [0.2, 0.25) is 5.44 Å². The van der Waals surface area contributed by atoms with Crippen LogP contribution >= 0.6 is 23.1 Å². The molecule has 1 unspecified atom stereocenters. The van der Waals surface area contributed by atoms with Crippen LogP contribution < -0.4 is 4.74 Å². The highest BCUT2D eigenvalue weighted by Crippen LogP contribution is 2.29. The van der Waals surface area contributed by atoms with E-state index in [9.17, 15) is 4.79 Å². The van der Waals surface area contributed by atoms with Crippen LogP contribution in [0.4, 0.5) is 0 Å². The maximum Gasteiger partial charge on any atom is 0.355 e. The summed E-state index contributed by atoms with van der Waals surface area (Å²) in [6.07, 6.45) is 1.69. The van der Waals surface area contributed by atoms with E-state index in [-0.39, 0.29) is 0 Å². The lowest BCUT2D eigenvalue weighted by molar-refractivity contribution is -0.140. The summed E-state index contributed by atoms with van der Waals surface area (Å²) in [5.74, 6) is -0.994. The summed E-state index contributed by atoms with van der Waals surface area (Å²) < 4.78 is 6.27. The fourth-order valence-electron chi connectivity index (χ4n) is 1.19. The molecular formula is C10H9NO3S2. The van der Waals surface area contributed by atoms with Crippen molar-refractivity contribution in [2.45, 2.75) is 5.44 Å². The van der Waals surface area contributed by atoms with E-state index in [1.807, 2.05) is 24.3 Å². The van der Waals surface area contributed by atoms with Crippen LogP contribution in [-0.4, -0.2) is 27.8 Å². The van der Waals surface area contributed by atoms with Gasteiger partial charge in [-0.2, -0.15) is 0 Å². The molecule has 1 aromatic carbocycles. The Balaban J connectivity index is 2.24. The Bertz CT molecular complexity index is 478. The minimum absolute atomic E-state index is 0.392. The van der Waals surface area contributed by atoms with Crippen LogP contribution in [0.5, 0.6) is 5.19 Å². The molecule has 0 radical (unpaired) electrons. The van der Waals surface area contributed by atoms with Crippen molar-refractivity contribution in [1.82, 2.24) is 4.98 Å². The minimum atomic E-state index is -0.994. The van der Waals surface area contributed by atoms with Gasteiger partial charge >= 0.3 is 5.97 Å². The number of benzene rings is 1. The molecule has 1 heterocycles. The molecule has 0 fully saturated rings. The van der Waals surface area contributed by atoms with Crippen LogP contribution in [0, 0.1) is 0 Å². The summed E-state index contributed by atoms with van der Waals surface area (Å²) in [6, 6.07) is 7.59. The Hall–Kier alpha value is -1.27. The molecule has 1 N–H and O–H groups in total. The second kappa shape index (κ2) is 4.71. The van der Waals surface area contributed by atoms with Crippen molar-refractivity contribution >= 4 is 39.3 Å². The van der Waals surface area contributed by atoms with Crippen molar-refractivity contribution in [3.8, 4) is 5.19 Å². The third-order valence-corrected chi connectivity index (χ3v) is 3.55. The average Bonchev–Trinajstić information content (AvgIpc) is 2.67. The van der Waals surface area contributed by atoms with E-state index in [1.54, 1.807) is 6.26 Å². The number of hydrogen-bond donors (Lipinski definition) is 1. The second-order valence-electron chi connectivity index (χ2n) is 2.97. The number of fused-ring (bicyclic) bond motifs is 1. The van der Waals surface area contributed by atoms with Gasteiger partial charge in [0.25, 0.3) is 5.19 Å². The number of rotatable bonds is 4. The van der Waals surface area contributed by atoms with Crippen LogP contribution in [0.2, 0.25) is 0 Å². The van der Waals surface area contributed by atoms with Gasteiger partial charge in [-0.25, -0.2) is 9.78 Å². The number of carbonyl (C=O) groups is 1. The Kier molecular flexibility index (Phi) is 3.31. The topological polar surface area (TPSA) is 59.4 Å². The van der Waals surface area contributed by atoms with Gasteiger partial charge in [0.15, 0.2) is 0 Å². The predicted octanol–water partition coefficient (Wildman–Crippen LogP) is 2.45. The number of carboxylic acids is 1. The molecule has 84 valence electrons. The molecule has 2 aromatic rings. The summed E-state index contributed by atoms with van der Waals surface area (Å²) in [6.45, 7) is 0. The van der Waals surface area contributed by atoms with E-state index in [0.717, 1.165) is 22.0 Å². The highest BCUT2D eigenvalue weighted by molar-refractivity contribution is 7.99. The van der Waals surface area contributed by atoms with E-state index < -0.39 is 11.4 Å². The second-order valence-corrected chi connectivity index (χ2v) is 4.86. The fraction of sp³-hybridized carbons (Fsp3) is 0.200. The molecule has 0 saturated carbocycles. The zero-order valence-corrected chi connectivity index (χ0v) is 10.0. The zero-order chi connectivity index (χ0) is 11.5. The van der Waals surface area contributed by atoms with Gasteiger partial charge in [0.1, 0.15) is 0 Å².